The van der Waals surface area contributed by atoms with E-state index in [9.17, 15) is 13.4 Å². The summed E-state index contributed by atoms with van der Waals surface area (Å²) in [5.74, 6) is -0.103. The standard InChI is InChI=1S/C22H20F2N4OS/c1-22(2,29)17-11-25-18-10-7-15(12-27(17)18)19-20(13-5-8-16(23)9-6-13)26-28(30-24)21(19)14-3-4-14/h5-12,14,29H,3-4H2,1-2H3. The first kappa shape index (κ1) is 19.3. The third kappa shape index (κ3) is 3.20. The summed E-state index contributed by atoms with van der Waals surface area (Å²) in [6.07, 6.45) is 5.51. The molecule has 0 spiro atoms. The molecular weight excluding hydrogens is 406 g/mol. The molecule has 154 valence electrons. The summed E-state index contributed by atoms with van der Waals surface area (Å²) in [4.78, 5) is 4.38. The zero-order valence-electron chi connectivity index (χ0n) is 16.5. The van der Waals surface area contributed by atoms with Crippen molar-refractivity contribution in [1.29, 1.82) is 0 Å². The van der Waals surface area contributed by atoms with Gasteiger partial charge in [0.2, 0.25) is 0 Å². The van der Waals surface area contributed by atoms with Crippen molar-refractivity contribution in [3.05, 3.63) is 66.0 Å². The van der Waals surface area contributed by atoms with E-state index in [2.05, 4.69) is 10.1 Å². The van der Waals surface area contributed by atoms with Crippen LogP contribution < -0.4 is 0 Å². The highest BCUT2D eigenvalue weighted by molar-refractivity contribution is 7.92. The lowest BCUT2D eigenvalue weighted by molar-refractivity contribution is 0.0730. The maximum absolute atomic E-state index is 13.8. The Balaban J connectivity index is 1.77. The lowest BCUT2D eigenvalue weighted by Crippen LogP contribution is -2.18. The van der Waals surface area contributed by atoms with Gasteiger partial charge in [0.25, 0.3) is 0 Å². The van der Waals surface area contributed by atoms with Crippen molar-refractivity contribution in [3.63, 3.8) is 0 Å². The van der Waals surface area contributed by atoms with Gasteiger partial charge in [0.1, 0.15) is 22.8 Å². The molecule has 3 heterocycles. The molecule has 1 saturated carbocycles. The van der Waals surface area contributed by atoms with Crippen molar-refractivity contribution in [1.82, 2.24) is 18.6 Å². The van der Waals surface area contributed by atoms with Gasteiger partial charge in [0.15, 0.2) is 12.3 Å². The Morgan fingerprint density at radius 3 is 2.43 bits per heavy atom. The number of aromatic nitrogens is 4. The molecule has 1 N–H and O–H groups in total. The summed E-state index contributed by atoms with van der Waals surface area (Å²) in [5, 5.41) is 15.0. The molecule has 0 atom stereocenters. The van der Waals surface area contributed by atoms with Crippen molar-refractivity contribution in [3.8, 4) is 22.4 Å². The van der Waals surface area contributed by atoms with Crippen molar-refractivity contribution in [2.24, 2.45) is 0 Å². The van der Waals surface area contributed by atoms with Crippen LogP contribution in [-0.2, 0) is 5.60 Å². The van der Waals surface area contributed by atoms with Crippen molar-refractivity contribution in [2.45, 2.75) is 38.2 Å². The molecule has 3 aromatic heterocycles. The Kier molecular flexibility index (Phi) is 4.44. The van der Waals surface area contributed by atoms with Gasteiger partial charge >= 0.3 is 0 Å². The van der Waals surface area contributed by atoms with Gasteiger partial charge < -0.3 is 9.51 Å². The zero-order chi connectivity index (χ0) is 21.0. The Hall–Kier alpha value is -2.71. The van der Waals surface area contributed by atoms with Crippen LogP contribution in [0.1, 0.15) is 44.0 Å². The lowest BCUT2D eigenvalue weighted by atomic mass is 9.98. The molecule has 0 bridgehead atoms. The molecular formula is C22H20F2N4OS. The number of hydrogen-bond acceptors (Lipinski definition) is 4. The van der Waals surface area contributed by atoms with Gasteiger partial charge in [-0.15, -0.1) is 3.89 Å². The average molecular weight is 426 g/mol. The topological polar surface area (TPSA) is 55.4 Å². The second kappa shape index (κ2) is 6.92. The van der Waals surface area contributed by atoms with E-state index in [1.54, 1.807) is 32.2 Å². The third-order valence-electron chi connectivity index (χ3n) is 5.46. The van der Waals surface area contributed by atoms with Gasteiger partial charge in [-0.3, -0.25) is 0 Å². The van der Waals surface area contributed by atoms with Gasteiger partial charge in [-0.25, -0.2) is 9.37 Å². The smallest absolute Gasteiger partial charge is 0.187 e. The van der Waals surface area contributed by atoms with Gasteiger partial charge in [-0.1, -0.05) is 0 Å². The zero-order valence-corrected chi connectivity index (χ0v) is 17.3. The quantitative estimate of drug-likeness (QED) is 0.459. The molecule has 4 aromatic rings. The molecule has 5 nitrogen and oxygen atoms in total. The molecule has 30 heavy (non-hydrogen) atoms. The summed E-state index contributed by atoms with van der Waals surface area (Å²) in [5.41, 5.74) is 4.10. The number of halogens is 2. The summed E-state index contributed by atoms with van der Waals surface area (Å²) in [7, 11) is 0. The molecule has 8 heteroatoms. The third-order valence-corrected chi connectivity index (χ3v) is 5.87. The first-order valence-corrected chi connectivity index (χ1v) is 10.4. The molecule has 1 aliphatic carbocycles. The predicted octanol–water partition coefficient (Wildman–Crippen LogP) is 5.49. The minimum absolute atomic E-state index is 0.0763. The number of nitrogens with zero attached hydrogens (tertiary/aromatic N) is 4. The molecule has 0 radical (unpaired) electrons. The van der Waals surface area contributed by atoms with Crippen LogP contribution in [0, 0.1) is 5.82 Å². The molecule has 0 aliphatic heterocycles. The number of benzene rings is 1. The van der Waals surface area contributed by atoms with E-state index in [1.165, 1.54) is 16.2 Å². The van der Waals surface area contributed by atoms with Crippen LogP contribution in [0.4, 0.5) is 8.28 Å². The number of rotatable bonds is 5. The van der Waals surface area contributed by atoms with Gasteiger partial charge in [0.05, 0.1) is 17.6 Å². The molecule has 0 unspecified atom stereocenters. The van der Waals surface area contributed by atoms with Crippen molar-refractivity contribution < 1.29 is 13.4 Å². The Bertz CT molecular complexity index is 1240. The van der Waals surface area contributed by atoms with Crippen LogP contribution in [0.3, 0.4) is 0 Å². The molecule has 1 aliphatic rings. The van der Waals surface area contributed by atoms with E-state index >= 15 is 0 Å². The maximum atomic E-state index is 13.8. The highest BCUT2D eigenvalue weighted by atomic mass is 32.2. The minimum Gasteiger partial charge on any atom is -0.384 e. The number of aliphatic hydroxyl groups is 1. The highest BCUT2D eigenvalue weighted by Crippen LogP contribution is 2.48. The minimum atomic E-state index is -1.07. The van der Waals surface area contributed by atoms with E-state index in [-0.39, 0.29) is 24.1 Å². The van der Waals surface area contributed by atoms with Gasteiger partial charge in [-0.2, -0.15) is 9.19 Å². The van der Waals surface area contributed by atoms with Crippen LogP contribution in [0.15, 0.2) is 48.8 Å². The second-order valence-corrected chi connectivity index (χ2v) is 8.66. The largest absolute Gasteiger partial charge is 0.384 e. The first-order valence-electron chi connectivity index (χ1n) is 9.75. The van der Waals surface area contributed by atoms with Crippen LogP contribution >= 0.6 is 12.3 Å². The molecule has 5 rings (SSSR count). The average Bonchev–Trinajstić information content (AvgIpc) is 3.33. The van der Waals surface area contributed by atoms with Crippen molar-refractivity contribution >= 4 is 18.0 Å². The summed E-state index contributed by atoms with van der Waals surface area (Å²) in [6, 6.07) is 9.87. The van der Waals surface area contributed by atoms with Crippen LogP contribution in [0.2, 0.25) is 0 Å². The van der Waals surface area contributed by atoms with Crippen molar-refractivity contribution in [2.75, 3.05) is 0 Å². The fourth-order valence-electron chi connectivity index (χ4n) is 3.86. The fraction of sp³-hybridized carbons (Fsp3) is 0.273. The van der Waals surface area contributed by atoms with Crippen LogP contribution in [0.25, 0.3) is 28.0 Å². The summed E-state index contributed by atoms with van der Waals surface area (Å²) < 4.78 is 30.5. The van der Waals surface area contributed by atoms with Crippen LogP contribution in [-0.4, -0.2) is 23.7 Å². The maximum Gasteiger partial charge on any atom is 0.187 e. The van der Waals surface area contributed by atoms with Gasteiger partial charge in [0, 0.05) is 28.8 Å². The Morgan fingerprint density at radius 2 is 1.80 bits per heavy atom. The normalized spacial score (nSPS) is 14.6. The lowest BCUT2D eigenvalue weighted by Gasteiger charge is -2.17. The number of pyridine rings is 1. The predicted molar refractivity (Wildman–Crippen MR) is 113 cm³/mol. The Labute approximate surface area is 176 Å². The molecule has 1 fully saturated rings. The van der Waals surface area contributed by atoms with E-state index < -0.39 is 5.60 Å². The number of fused-ring (bicyclic) bond motifs is 1. The molecule has 0 amide bonds. The summed E-state index contributed by atoms with van der Waals surface area (Å²) in [6.45, 7) is 3.42. The van der Waals surface area contributed by atoms with Gasteiger partial charge in [-0.05, 0) is 63.1 Å². The number of imidazole rings is 1. The fourth-order valence-corrected chi connectivity index (χ4v) is 4.28. The van der Waals surface area contributed by atoms with E-state index in [0.717, 1.165) is 35.2 Å². The van der Waals surface area contributed by atoms with Crippen LogP contribution in [0.5, 0.6) is 0 Å². The second-order valence-electron chi connectivity index (χ2n) is 8.18. The first-order chi connectivity index (χ1) is 14.4. The Morgan fingerprint density at radius 1 is 1.10 bits per heavy atom. The summed E-state index contributed by atoms with van der Waals surface area (Å²) >= 11 is 0.0763. The molecule has 0 saturated heterocycles. The van der Waals surface area contributed by atoms with E-state index in [0.29, 0.717) is 17.0 Å². The monoisotopic (exact) mass is 426 g/mol. The van der Waals surface area contributed by atoms with E-state index in [1.807, 2.05) is 22.7 Å². The SMILES string of the molecule is CC(C)(O)c1cnc2ccc(-c3c(-c4ccc(F)cc4)nn(SF)c3C3CC3)cn12. The molecule has 1 aromatic carbocycles. The number of hydrogen-bond donors (Lipinski definition) is 1. The highest BCUT2D eigenvalue weighted by Gasteiger charge is 2.34. The van der Waals surface area contributed by atoms with E-state index in [4.69, 9.17) is 0 Å².